The van der Waals surface area contributed by atoms with E-state index in [0.717, 1.165) is 44.2 Å². The predicted molar refractivity (Wildman–Crippen MR) is 188 cm³/mol. The van der Waals surface area contributed by atoms with Crippen LogP contribution in [-0.4, -0.2) is 15.0 Å². The Morgan fingerprint density at radius 1 is 0.413 bits per heavy atom. The van der Waals surface area contributed by atoms with E-state index >= 15 is 0 Å². The highest BCUT2D eigenvalue weighted by molar-refractivity contribution is 6.10. The van der Waals surface area contributed by atoms with E-state index in [9.17, 15) is 0 Å². The normalized spacial score (nSPS) is 11.6. The van der Waals surface area contributed by atoms with Crippen LogP contribution in [-0.2, 0) is 6.42 Å². The highest BCUT2D eigenvalue weighted by atomic mass is 16.3. The van der Waals surface area contributed by atoms with Gasteiger partial charge in [0, 0.05) is 28.3 Å². The molecule has 0 unspecified atom stereocenters. The molecule has 0 radical (unpaired) electrons. The quantitative estimate of drug-likeness (QED) is 0.187. The Hall–Kier alpha value is -6.13. The van der Waals surface area contributed by atoms with E-state index in [0.29, 0.717) is 23.9 Å². The van der Waals surface area contributed by atoms with Crippen molar-refractivity contribution in [1.29, 1.82) is 0 Å². The molecule has 0 saturated heterocycles. The molecule has 0 spiro atoms. The van der Waals surface area contributed by atoms with Crippen molar-refractivity contribution >= 4 is 43.5 Å². The minimum absolute atomic E-state index is 0.543. The molecular weight excluding hydrogens is 562 g/mol. The Kier molecular flexibility index (Phi) is 6.17. The van der Waals surface area contributed by atoms with Gasteiger partial charge in [0.2, 0.25) is 0 Å². The molecule has 0 aliphatic carbocycles. The van der Waals surface area contributed by atoms with Gasteiger partial charge < -0.3 is 4.42 Å². The van der Waals surface area contributed by atoms with Gasteiger partial charge in [-0.3, -0.25) is 0 Å². The summed E-state index contributed by atoms with van der Waals surface area (Å²) in [6.45, 7) is 0. The molecule has 0 atom stereocenters. The number of furan rings is 1. The van der Waals surface area contributed by atoms with E-state index in [-0.39, 0.29) is 0 Å². The first-order valence-corrected chi connectivity index (χ1v) is 15.5. The minimum Gasteiger partial charge on any atom is -0.456 e. The second-order valence-corrected chi connectivity index (χ2v) is 11.6. The zero-order valence-corrected chi connectivity index (χ0v) is 24.9. The lowest BCUT2D eigenvalue weighted by molar-refractivity contribution is 0.668. The Bertz CT molecular complexity index is 2500. The molecule has 0 saturated carbocycles. The van der Waals surface area contributed by atoms with E-state index < -0.39 is 0 Å². The standard InChI is InChI=1S/C42H27N3O/c1-3-11-28(12-4-1)41-43-39(44-42(45-41)29-13-5-2-6-14-29)26-33-15-9-17-38-40(33)36-25-31(21-23-37(36)46-38)30-20-22-35-32(24-30)19-18-27-10-7-8-16-34(27)35/h1-25H,26H2. The van der Waals surface area contributed by atoms with E-state index in [2.05, 4.69) is 78.9 Å². The number of rotatable bonds is 5. The van der Waals surface area contributed by atoms with Crippen LogP contribution in [0.3, 0.4) is 0 Å². The first-order chi connectivity index (χ1) is 22.8. The van der Waals surface area contributed by atoms with Gasteiger partial charge >= 0.3 is 0 Å². The van der Waals surface area contributed by atoms with Crippen LogP contribution in [0.15, 0.2) is 156 Å². The molecular formula is C42H27N3O. The molecule has 46 heavy (non-hydrogen) atoms. The van der Waals surface area contributed by atoms with Crippen molar-refractivity contribution in [2.45, 2.75) is 6.42 Å². The molecule has 0 amide bonds. The fraction of sp³-hybridized carbons (Fsp3) is 0.0238. The highest BCUT2D eigenvalue weighted by Gasteiger charge is 2.16. The molecule has 2 heterocycles. The second kappa shape index (κ2) is 10.8. The van der Waals surface area contributed by atoms with E-state index in [4.69, 9.17) is 19.4 Å². The third-order valence-corrected chi connectivity index (χ3v) is 8.75. The summed E-state index contributed by atoms with van der Waals surface area (Å²) in [4.78, 5) is 14.8. The zero-order chi connectivity index (χ0) is 30.5. The van der Waals surface area contributed by atoms with Crippen molar-refractivity contribution in [3.05, 3.63) is 163 Å². The van der Waals surface area contributed by atoms with Crippen LogP contribution >= 0.6 is 0 Å². The fourth-order valence-corrected chi connectivity index (χ4v) is 6.52. The topological polar surface area (TPSA) is 51.8 Å². The maximum atomic E-state index is 6.37. The van der Waals surface area contributed by atoms with Crippen LogP contribution in [0.1, 0.15) is 11.4 Å². The average molecular weight is 590 g/mol. The first kappa shape index (κ1) is 26.3. The van der Waals surface area contributed by atoms with Gasteiger partial charge in [0.25, 0.3) is 0 Å². The molecule has 0 aliphatic rings. The third kappa shape index (κ3) is 4.59. The van der Waals surface area contributed by atoms with E-state index in [1.807, 2.05) is 72.8 Å². The first-order valence-electron chi connectivity index (χ1n) is 15.5. The molecule has 4 heteroatoms. The summed E-state index contributed by atoms with van der Waals surface area (Å²) >= 11 is 0. The Morgan fingerprint density at radius 3 is 1.85 bits per heavy atom. The fourth-order valence-electron chi connectivity index (χ4n) is 6.52. The van der Waals surface area contributed by atoms with Crippen molar-refractivity contribution in [2.24, 2.45) is 0 Å². The SMILES string of the molecule is c1ccc(-c2nc(Cc3cccc4oc5ccc(-c6ccc7c(ccc8ccccc87)c6)cc5c34)nc(-c3ccccc3)n2)cc1. The molecule has 9 rings (SSSR count). The lowest BCUT2D eigenvalue weighted by atomic mass is 9.96. The molecule has 0 N–H and O–H groups in total. The van der Waals surface area contributed by atoms with Crippen molar-refractivity contribution in [3.63, 3.8) is 0 Å². The van der Waals surface area contributed by atoms with Crippen LogP contribution in [0, 0.1) is 0 Å². The number of aromatic nitrogens is 3. The van der Waals surface area contributed by atoms with Gasteiger partial charge in [0.15, 0.2) is 11.6 Å². The van der Waals surface area contributed by atoms with Gasteiger partial charge in [-0.15, -0.1) is 0 Å². The lowest BCUT2D eigenvalue weighted by Gasteiger charge is -2.09. The van der Waals surface area contributed by atoms with Gasteiger partial charge in [-0.2, -0.15) is 0 Å². The maximum absolute atomic E-state index is 6.37. The number of benzene rings is 7. The van der Waals surface area contributed by atoms with Gasteiger partial charge in [0.1, 0.15) is 17.0 Å². The maximum Gasteiger partial charge on any atom is 0.163 e. The molecule has 4 nitrogen and oxygen atoms in total. The number of fused-ring (bicyclic) bond motifs is 6. The number of nitrogens with zero attached hydrogens (tertiary/aromatic N) is 3. The molecule has 0 bridgehead atoms. The number of hydrogen-bond donors (Lipinski definition) is 0. The second-order valence-electron chi connectivity index (χ2n) is 11.6. The van der Waals surface area contributed by atoms with Crippen molar-refractivity contribution in [3.8, 4) is 33.9 Å². The molecule has 216 valence electrons. The van der Waals surface area contributed by atoms with Gasteiger partial charge in [0.05, 0.1) is 0 Å². The summed E-state index contributed by atoms with van der Waals surface area (Å²) < 4.78 is 6.37. The Balaban J connectivity index is 1.16. The van der Waals surface area contributed by atoms with Crippen LogP contribution in [0.4, 0.5) is 0 Å². The smallest absolute Gasteiger partial charge is 0.163 e. The number of hydrogen-bond acceptors (Lipinski definition) is 4. The third-order valence-electron chi connectivity index (χ3n) is 8.75. The zero-order valence-electron chi connectivity index (χ0n) is 24.9. The summed E-state index contributed by atoms with van der Waals surface area (Å²) in [5.41, 5.74) is 7.08. The monoisotopic (exact) mass is 589 g/mol. The molecule has 0 aliphatic heterocycles. The lowest BCUT2D eigenvalue weighted by Crippen LogP contribution is -2.04. The average Bonchev–Trinajstić information content (AvgIpc) is 3.51. The highest BCUT2D eigenvalue weighted by Crippen LogP contribution is 2.36. The van der Waals surface area contributed by atoms with Crippen molar-refractivity contribution in [1.82, 2.24) is 15.0 Å². The molecule has 7 aromatic carbocycles. The van der Waals surface area contributed by atoms with Crippen LogP contribution in [0.2, 0.25) is 0 Å². The summed E-state index contributed by atoms with van der Waals surface area (Å²) in [6.07, 6.45) is 0.543. The molecule has 9 aromatic rings. The van der Waals surface area contributed by atoms with Crippen LogP contribution in [0.5, 0.6) is 0 Å². The largest absolute Gasteiger partial charge is 0.456 e. The summed E-state index contributed by atoms with van der Waals surface area (Å²) in [5.74, 6) is 2.05. The summed E-state index contributed by atoms with van der Waals surface area (Å²) in [6, 6.07) is 52.6. The van der Waals surface area contributed by atoms with Crippen LogP contribution in [0.25, 0.3) is 77.4 Å². The molecule has 2 aromatic heterocycles. The van der Waals surface area contributed by atoms with Gasteiger partial charge in [-0.25, -0.2) is 15.0 Å². The Morgan fingerprint density at radius 2 is 1.07 bits per heavy atom. The van der Waals surface area contributed by atoms with Crippen LogP contribution < -0.4 is 0 Å². The Labute approximate surface area is 265 Å². The molecule has 0 fully saturated rings. The van der Waals surface area contributed by atoms with Crippen molar-refractivity contribution in [2.75, 3.05) is 0 Å². The predicted octanol–water partition coefficient (Wildman–Crippen LogP) is 10.7. The van der Waals surface area contributed by atoms with Gasteiger partial charge in [-0.1, -0.05) is 127 Å². The summed E-state index contributed by atoms with van der Waals surface area (Å²) in [7, 11) is 0. The van der Waals surface area contributed by atoms with E-state index in [1.165, 1.54) is 27.1 Å². The van der Waals surface area contributed by atoms with Gasteiger partial charge in [-0.05, 0) is 62.5 Å². The minimum atomic E-state index is 0.543. The summed E-state index contributed by atoms with van der Waals surface area (Å²) in [5, 5.41) is 7.20. The van der Waals surface area contributed by atoms with Crippen molar-refractivity contribution < 1.29 is 4.42 Å². The van der Waals surface area contributed by atoms with E-state index in [1.54, 1.807) is 0 Å².